The van der Waals surface area contributed by atoms with Gasteiger partial charge in [-0.1, -0.05) is 103 Å². The largest absolute Gasteiger partial charge is 0.341 e. The molecule has 0 saturated carbocycles. The minimum absolute atomic E-state index is 0.645. The van der Waals surface area contributed by atoms with Crippen LogP contribution < -0.4 is 0 Å². The van der Waals surface area contributed by atoms with Crippen LogP contribution in [0.5, 0.6) is 0 Å². The van der Waals surface area contributed by atoms with E-state index in [0.717, 1.165) is 18.9 Å². The van der Waals surface area contributed by atoms with E-state index < -0.39 is 14.8 Å². The highest BCUT2D eigenvalue weighted by Crippen LogP contribution is 2.27. The number of rotatable bonds is 17. The quantitative estimate of drug-likeness (QED) is 0.0888. The Morgan fingerprint density at radius 3 is 1.27 bits per heavy atom. The fourth-order valence-electron chi connectivity index (χ4n) is 3.11. The Bertz CT molecular complexity index is 356. The molecule has 0 spiro atoms. The summed E-state index contributed by atoms with van der Waals surface area (Å²) >= 11 is 17.7. The SMILES string of the molecule is C[SiH](C)C#CCCCCCCCCCCCCCCCCC[Si](Cl)(Cl)Cl. The molecule has 0 N–H and O–H groups in total. The molecule has 0 nitrogen and oxygen atoms in total. The van der Waals surface area contributed by atoms with Gasteiger partial charge >= 0.3 is 6.00 Å². The van der Waals surface area contributed by atoms with Crippen molar-refractivity contribution in [1.82, 2.24) is 0 Å². The summed E-state index contributed by atoms with van der Waals surface area (Å²) in [6.07, 6.45) is 21.5. The molecule has 0 bridgehead atoms. The van der Waals surface area contributed by atoms with Gasteiger partial charge in [0.2, 0.25) is 0 Å². The molecule has 0 aliphatic heterocycles. The molecule has 0 aliphatic rings. The third kappa shape index (κ3) is 24.9. The van der Waals surface area contributed by atoms with E-state index in [2.05, 4.69) is 24.6 Å². The van der Waals surface area contributed by atoms with E-state index in [-0.39, 0.29) is 0 Å². The number of halogens is 3. The summed E-state index contributed by atoms with van der Waals surface area (Å²) in [5.41, 5.74) is 3.38. The van der Waals surface area contributed by atoms with Gasteiger partial charge in [-0.05, 0) is 12.5 Å². The highest BCUT2D eigenvalue weighted by Gasteiger charge is 2.23. The molecule has 0 rings (SSSR count). The summed E-state index contributed by atoms with van der Waals surface area (Å²) in [5.74, 6) is 3.34. The molecule has 0 aromatic heterocycles. The maximum absolute atomic E-state index is 5.89. The topological polar surface area (TPSA) is 0 Å². The standard InChI is InChI=1S/C21H41Cl3Si2/c1-25(2)20-18-16-14-12-10-8-6-4-3-5-7-9-11-13-15-17-19-21-26(22,23)24/h25H,3-17,19,21H2,1-2H3. The van der Waals surface area contributed by atoms with Crippen molar-refractivity contribution >= 4 is 48.0 Å². The van der Waals surface area contributed by atoms with Crippen molar-refractivity contribution in [2.75, 3.05) is 0 Å². The molecule has 0 radical (unpaired) electrons. The van der Waals surface area contributed by atoms with Crippen molar-refractivity contribution in [3.63, 3.8) is 0 Å². The summed E-state index contributed by atoms with van der Waals surface area (Å²) in [6, 6.07) is -1.53. The van der Waals surface area contributed by atoms with E-state index in [9.17, 15) is 0 Å². The highest BCUT2D eigenvalue weighted by atomic mass is 35.8. The van der Waals surface area contributed by atoms with Crippen molar-refractivity contribution in [3.05, 3.63) is 0 Å². The van der Waals surface area contributed by atoms with Crippen LogP contribution in [0.2, 0.25) is 19.1 Å². The molecular formula is C21H41Cl3Si2. The Labute approximate surface area is 180 Å². The third-order valence-electron chi connectivity index (χ3n) is 4.65. The Morgan fingerprint density at radius 1 is 0.577 bits per heavy atom. The van der Waals surface area contributed by atoms with Crippen LogP contribution in [0.15, 0.2) is 0 Å². The van der Waals surface area contributed by atoms with Crippen molar-refractivity contribution in [3.8, 4) is 11.5 Å². The maximum Gasteiger partial charge on any atom is 0.341 e. The Kier molecular flexibility index (Phi) is 19.8. The van der Waals surface area contributed by atoms with E-state index in [1.54, 1.807) is 0 Å². The first-order valence-electron chi connectivity index (χ1n) is 11.0. The molecule has 0 saturated heterocycles. The van der Waals surface area contributed by atoms with Gasteiger partial charge < -0.3 is 0 Å². The maximum atomic E-state index is 5.89. The van der Waals surface area contributed by atoms with Gasteiger partial charge in [0.1, 0.15) is 8.80 Å². The van der Waals surface area contributed by atoms with Gasteiger partial charge in [0.25, 0.3) is 0 Å². The molecule has 0 aromatic rings. The second-order valence-corrected chi connectivity index (χ2v) is 19.8. The van der Waals surface area contributed by atoms with Crippen LogP contribution in [0.1, 0.15) is 103 Å². The third-order valence-corrected chi connectivity index (χ3v) is 8.06. The van der Waals surface area contributed by atoms with Crippen molar-refractivity contribution in [1.29, 1.82) is 0 Å². The van der Waals surface area contributed by atoms with Gasteiger partial charge in [0.05, 0.1) is 0 Å². The number of hydrogen-bond acceptors (Lipinski definition) is 0. The van der Waals surface area contributed by atoms with E-state index >= 15 is 0 Å². The van der Waals surface area contributed by atoms with Crippen LogP contribution in [0, 0.1) is 11.5 Å². The summed E-state index contributed by atoms with van der Waals surface area (Å²) < 4.78 is 0. The van der Waals surface area contributed by atoms with Crippen LogP contribution >= 0.6 is 33.2 Å². The molecule has 5 heteroatoms. The van der Waals surface area contributed by atoms with Crippen LogP contribution in [0.25, 0.3) is 0 Å². The average molecular weight is 456 g/mol. The number of hydrogen-bond donors (Lipinski definition) is 0. The first kappa shape index (κ1) is 26.9. The Morgan fingerprint density at radius 2 is 0.923 bits per heavy atom. The van der Waals surface area contributed by atoms with Gasteiger partial charge in [0.15, 0.2) is 0 Å². The van der Waals surface area contributed by atoms with Gasteiger partial charge in [-0.2, -0.15) is 0 Å². The lowest BCUT2D eigenvalue weighted by Gasteiger charge is -2.07. The zero-order valence-corrected chi connectivity index (χ0v) is 21.7. The lowest BCUT2D eigenvalue weighted by Crippen LogP contribution is -2.07. The second-order valence-electron chi connectivity index (χ2n) is 7.89. The van der Waals surface area contributed by atoms with Crippen molar-refractivity contribution < 1.29 is 0 Å². The molecular weight excluding hydrogens is 415 g/mol. The predicted octanol–water partition coefficient (Wildman–Crippen LogP) is 8.91. The zero-order chi connectivity index (χ0) is 19.5. The molecule has 0 unspecified atom stereocenters. The van der Waals surface area contributed by atoms with Crippen molar-refractivity contribution in [2.24, 2.45) is 0 Å². The van der Waals surface area contributed by atoms with Gasteiger partial charge in [-0.25, -0.2) is 0 Å². The van der Waals surface area contributed by atoms with Crippen LogP contribution in [0.3, 0.4) is 0 Å². The monoisotopic (exact) mass is 454 g/mol. The summed E-state index contributed by atoms with van der Waals surface area (Å²) in [4.78, 5) is 0. The van der Waals surface area contributed by atoms with Crippen LogP contribution in [0.4, 0.5) is 0 Å². The Balaban J connectivity index is 3.09. The number of unbranched alkanes of at least 4 members (excludes halogenated alkanes) is 15. The van der Waals surface area contributed by atoms with Crippen LogP contribution in [-0.2, 0) is 0 Å². The smallest absolute Gasteiger partial charge is 0.136 e. The van der Waals surface area contributed by atoms with Crippen molar-refractivity contribution in [2.45, 2.75) is 122 Å². The molecule has 0 aromatic carbocycles. The fourth-order valence-corrected chi connectivity index (χ4v) is 5.52. The Hall–Kier alpha value is 0.864. The fraction of sp³-hybridized carbons (Fsp3) is 0.905. The highest BCUT2D eigenvalue weighted by molar-refractivity contribution is 7.64. The zero-order valence-electron chi connectivity index (χ0n) is 17.2. The molecule has 154 valence electrons. The molecule has 0 aliphatic carbocycles. The molecule has 0 amide bonds. The first-order valence-corrected chi connectivity index (χ1v) is 19.1. The van der Waals surface area contributed by atoms with Gasteiger partial charge in [0, 0.05) is 6.42 Å². The summed E-state index contributed by atoms with van der Waals surface area (Å²) in [7, 11) is -0.645. The minimum atomic E-state index is -2.36. The normalized spacial score (nSPS) is 11.6. The van der Waals surface area contributed by atoms with Crippen LogP contribution in [-0.4, -0.2) is 14.8 Å². The molecule has 26 heavy (non-hydrogen) atoms. The van der Waals surface area contributed by atoms with E-state index in [1.807, 2.05) is 0 Å². The van der Waals surface area contributed by atoms with E-state index in [0.29, 0.717) is 0 Å². The summed E-state index contributed by atoms with van der Waals surface area (Å²) in [5, 5.41) is 0. The van der Waals surface area contributed by atoms with Gasteiger partial charge in [-0.15, -0.1) is 44.7 Å². The molecule has 0 heterocycles. The second kappa shape index (κ2) is 19.2. The average Bonchev–Trinajstić information content (AvgIpc) is 2.55. The predicted molar refractivity (Wildman–Crippen MR) is 129 cm³/mol. The molecule has 0 fully saturated rings. The lowest BCUT2D eigenvalue weighted by atomic mass is 10.0. The van der Waals surface area contributed by atoms with E-state index in [4.69, 9.17) is 33.2 Å². The van der Waals surface area contributed by atoms with Gasteiger partial charge in [-0.3, -0.25) is 0 Å². The lowest BCUT2D eigenvalue weighted by molar-refractivity contribution is 0.533. The minimum Gasteiger partial charge on any atom is -0.136 e. The molecule has 0 atom stereocenters. The summed E-state index contributed by atoms with van der Waals surface area (Å²) in [6.45, 7) is 4.59. The van der Waals surface area contributed by atoms with E-state index in [1.165, 1.54) is 89.9 Å². The first-order chi connectivity index (χ1) is 12.4.